The molecular weight excluding hydrogens is 322 g/mol. The number of hydrogen-bond donors (Lipinski definition) is 2. The average molecular weight is 343 g/mol. The van der Waals surface area contributed by atoms with Gasteiger partial charge >= 0.3 is 5.69 Å². The van der Waals surface area contributed by atoms with E-state index < -0.39 is 5.69 Å². The zero-order valence-electron chi connectivity index (χ0n) is 14.5. The number of benzene rings is 1. The van der Waals surface area contributed by atoms with Crippen molar-refractivity contribution in [1.29, 1.82) is 0 Å². The molecule has 132 valence electrons. The summed E-state index contributed by atoms with van der Waals surface area (Å²) in [6.07, 6.45) is 0. The van der Waals surface area contributed by atoms with E-state index in [-0.39, 0.29) is 18.7 Å². The molecule has 2 N–H and O–H groups in total. The summed E-state index contributed by atoms with van der Waals surface area (Å²) in [5, 5.41) is 11.9. The number of anilines is 1. The maximum Gasteiger partial charge on any atom is 0.332 e. The van der Waals surface area contributed by atoms with Crippen LogP contribution < -0.4 is 16.6 Å². The smallest absolute Gasteiger partial charge is 0.332 e. The van der Waals surface area contributed by atoms with Crippen molar-refractivity contribution in [1.82, 2.24) is 18.7 Å². The van der Waals surface area contributed by atoms with Crippen LogP contribution in [0.5, 0.6) is 0 Å². The van der Waals surface area contributed by atoms with Gasteiger partial charge in [0.2, 0.25) is 5.95 Å². The first-order chi connectivity index (χ1) is 11.9. The number of hydrogen-bond acceptors (Lipinski definition) is 5. The largest absolute Gasteiger partial charge is 0.395 e. The maximum atomic E-state index is 12.9. The molecule has 1 aromatic carbocycles. The van der Waals surface area contributed by atoms with Gasteiger partial charge in [0, 0.05) is 20.6 Å². The van der Waals surface area contributed by atoms with Crippen molar-refractivity contribution >= 4 is 17.1 Å². The fraction of sp³-hybridized carbons (Fsp3) is 0.353. The van der Waals surface area contributed by atoms with Gasteiger partial charge in [-0.25, -0.2) is 4.79 Å². The average Bonchev–Trinajstić information content (AvgIpc) is 2.93. The van der Waals surface area contributed by atoms with Gasteiger partial charge in [0.1, 0.15) is 0 Å². The molecule has 0 aliphatic heterocycles. The number of nitrogens with one attached hydrogen (secondary N) is 1. The fourth-order valence-corrected chi connectivity index (χ4v) is 2.78. The third kappa shape index (κ3) is 2.96. The van der Waals surface area contributed by atoms with Crippen molar-refractivity contribution in [3.63, 3.8) is 0 Å². The van der Waals surface area contributed by atoms with Crippen LogP contribution in [0.15, 0.2) is 33.9 Å². The van der Waals surface area contributed by atoms with Crippen molar-refractivity contribution in [2.24, 2.45) is 14.1 Å². The minimum Gasteiger partial charge on any atom is -0.395 e. The van der Waals surface area contributed by atoms with Crippen molar-refractivity contribution < 1.29 is 5.11 Å². The first kappa shape index (κ1) is 17.0. The lowest BCUT2D eigenvalue weighted by atomic mass is 10.1. The quantitative estimate of drug-likeness (QED) is 0.690. The lowest BCUT2D eigenvalue weighted by Crippen LogP contribution is -2.39. The summed E-state index contributed by atoms with van der Waals surface area (Å²) in [4.78, 5) is 29.8. The Morgan fingerprint density at radius 1 is 1.12 bits per heavy atom. The summed E-state index contributed by atoms with van der Waals surface area (Å²) < 4.78 is 4.19. The van der Waals surface area contributed by atoms with Crippen LogP contribution in [0, 0.1) is 6.92 Å². The molecule has 0 aliphatic carbocycles. The molecule has 0 fully saturated rings. The van der Waals surface area contributed by atoms with Crippen LogP contribution in [0.1, 0.15) is 11.1 Å². The third-order valence-corrected chi connectivity index (χ3v) is 4.22. The number of aliphatic hydroxyl groups excluding tert-OH is 1. The zero-order valence-corrected chi connectivity index (χ0v) is 14.5. The normalized spacial score (nSPS) is 11.2. The fourth-order valence-electron chi connectivity index (χ4n) is 2.78. The topological polar surface area (TPSA) is 94.1 Å². The molecule has 0 saturated heterocycles. The second-order valence-electron chi connectivity index (χ2n) is 6.04. The van der Waals surface area contributed by atoms with E-state index in [9.17, 15) is 9.59 Å². The van der Waals surface area contributed by atoms with E-state index in [0.717, 1.165) is 11.1 Å². The summed E-state index contributed by atoms with van der Waals surface area (Å²) in [7, 11) is 3.30. The van der Waals surface area contributed by atoms with Gasteiger partial charge in [0.05, 0.1) is 13.2 Å². The molecule has 2 aromatic heterocycles. The highest BCUT2D eigenvalue weighted by Gasteiger charge is 2.18. The lowest BCUT2D eigenvalue weighted by Gasteiger charge is -2.09. The highest BCUT2D eigenvalue weighted by molar-refractivity contribution is 5.74. The van der Waals surface area contributed by atoms with E-state index in [1.165, 1.54) is 9.13 Å². The van der Waals surface area contributed by atoms with Crippen LogP contribution in [0.3, 0.4) is 0 Å². The number of aryl methyl sites for hydroxylation is 3. The Labute approximate surface area is 144 Å². The maximum absolute atomic E-state index is 12.9. The Kier molecular flexibility index (Phi) is 4.45. The molecule has 0 aliphatic rings. The second-order valence-corrected chi connectivity index (χ2v) is 6.04. The molecule has 8 nitrogen and oxygen atoms in total. The summed E-state index contributed by atoms with van der Waals surface area (Å²) in [6.45, 7) is 2.44. The number of aliphatic hydroxyl groups is 1. The van der Waals surface area contributed by atoms with Crippen LogP contribution in [0.2, 0.25) is 0 Å². The van der Waals surface area contributed by atoms with E-state index in [4.69, 9.17) is 5.11 Å². The first-order valence-corrected chi connectivity index (χ1v) is 8.00. The molecule has 0 saturated carbocycles. The summed E-state index contributed by atoms with van der Waals surface area (Å²) in [6, 6.07) is 7.71. The monoisotopic (exact) mass is 343 g/mol. The van der Waals surface area contributed by atoms with E-state index in [1.54, 1.807) is 18.7 Å². The molecule has 2 heterocycles. The Hall–Kier alpha value is -2.87. The van der Waals surface area contributed by atoms with Gasteiger partial charge in [-0.15, -0.1) is 0 Å². The van der Waals surface area contributed by atoms with Gasteiger partial charge in [-0.2, -0.15) is 4.98 Å². The van der Waals surface area contributed by atoms with E-state index in [0.29, 0.717) is 23.7 Å². The van der Waals surface area contributed by atoms with Crippen molar-refractivity contribution in [2.45, 2.75) is 13.5 Å². The molecule has 0 spiro atoms. The summed E-state index contributed by atoms with van der Waals surface area (Å²) in [5.41, 5.74) is 1.86. The highest BCUT2D eigenvalue weighted by atomic mass is 16.3. The van der Waals surface area contributed by atoms with Gasteiger partial charge in [0.25, 0.3) is 5.56 Å². The number of aromatic nitrogens is 4. The van der Waals surface area contributed by atoms with Crippen molar-refractivity contribution in [2.75, 3.05) is 18.5 Å². The van der Waals surface area contributed by atoms with Crippen molar-refractivity contribution in [3.8, 4) is 0 Å². The number of imidazole rings is 1. The van der Waals surface area contributed by atoms with Crippen LogP contribution in [0.25, 0.3) is 11.2 Å². The number of fused-ring (bicyclic) bond motifs is 1. The van der Waals surface area contributed by atoms with Crippen LogP contribution >= 0.6 is 0 Å². The van der Waals surface area contributed by atoms with Gasteiger partial charge < -0.3 is 15.0 Å². The van der Waals surface area contributed by atoms with E-state index in [2.05, 4.69) is 10.3 Å². The van der Waals surface area contributed by atoms with Crippen LogP contribution in [-0.4, -0.2) is 36.9 Å². The molecule has 3 aromatic rings. The first-order valence-electron chi connectivity index (χ1n) is 8.00. The molecule has 0 atom stereocenters. The van der Waals surface area contributed by atoms with E-state index >= 15 is 0 Å². The highest BCUT2D eigenvalue weighted by Crippen LogP contribution is 2.13. The summed E-state index contributed by atoms with van der Waals surface area (Å²) in [5.74, 6) is 0.434. The third-order valence-electron chi connectivity index (χ3n) is 4.22. The SMILES string of the molecule is Cc1ccc(Cn2c(=O)c3c(nc(NCCO)n3C)n(C)c2=O)cc1. The molecule has 3 rings (SSSR count). The standard InChI is InChI=1S/C17H21N5O3/c1-11-4-6-12(7-5-11)10-22-15(24)13-14(21(3)17(22)25)19-16(20(13)2)18-8-9-23/h4-7,23H,8-10H2,1-3H3,(H,18,19). The Morgan fingerprint density at radius 3 is 2.44 bits per heavy atom. The van der Waals surface area contributed by atoms with Crippen LogP contribution in [0.4, 0.5) is 5.95 Å². The Bertz CT molecular complexity index is 1030. The predicted octanol–water partition coefficient (Wildman–Crippen LogP) is 0.195. The molecule has 0 amide bonds. The minimum absolute atomic E-state index is 0.0558. The molecular formula is C17H21N5O3. The predicted molar refractivity (Wildman–Crippen MR) is 96.1 cm³/mol. The molecule has 0 bridgehead atoms. The van der Waals surface area contributed by atoms with Gasteiger partial charge in [0.15, 0.2) is 11.2 Å². The van der Waals surface area contributed by atoms with Gasteiger partial charge in [-0.3, -0.25) is 13.9 Å². The minimum atomic E-state index is -0.412. The van der Waals surface area contributed by atoms with E-state index in [1.807, 2.05) is 31.2 Å². The van der Waals surface area contributed by atoms with Crippen molar-refractivity contribution in [3.05, 3.63) is 56.2 Å². The zero-order chi connectivity index (χ0) is 18.1. The lowest BCUT2D eigenvalue weighted by molar-refractivity contribution is 0.310. The molecule has 8 heteroatoms. The van der Waals surface area contributed by atoms with Gasteiger partial charge in [-0.1, -0.05) is 29.8 Å². The van der Waals surface area contributed by atoms with Gasteiger partial charge in [-0.05, 0) is 12.5 Å². The number of nitrogens with zero attached hydrogens (tertiary/aromatic N) is 4. The molecule has 25 heavy (non-hydrogen) atoms. The molecule has 0 radical (unpaired) electrons. The molecule has 0 unspecified atom stereocenters. The Balaban J connectivity index is 2.16. The Morgan fingerprint density at radius 2 is 1.80 bits per heavy atom. The summed E-state index contributed by atoms with van der Waals surface area (Å²) >= 11 is 0. The van der Waals surface area contributed by atoms with Crippen LogP contribution in [-0.2, 0) is 20.6 Å². The number of rotatable bonds is 5. The second kappa shape index (κ2) is 6.56.